The highest BCUT2D eigenvalue weighted by atomic mass is 17.2. The zero-order valence-corrected chi connectivity index (χ0v) is 26.1. The van der Waals surface area contributed by atoms with Gasteiger partial charge in [0.1, 0.15) is 35.0 Å². The van der Waals surface area contributed by atoms with Gasteiger partial charge < -0.3 is 33.3 Å². The third-order valence-electron chi connectivity index (χ3n) is 6.60. The van der Waals surface area contributed by atoms with Crippen LogP contribution in [-0.2, 0) is 19.3 Å². The number of unbranched alkanes of at least 4 members (excludes halogenated alkanes) is 2. The molecule has 0 amide bonds. The lowest BCUT2D eigenvalue weighted by molar-refractivity contribution is -0.248. The van der Waals surface area contributed by atoms with Gasteiger partial charge in [-0.05, 0) is 109 Å². The molecule has 0 aromatic heterocycles. The lowest BCUT2D eigenvalue weighted by Crippen LogP contribution is -2.08. The summed E-state index contributed by atoms with van der Waals surface area (Å²) < 4.78 is 33.4. The number of carbonyl (C=O) groups is 2. The summed E-state index contributed by atoms with van der Waals surface area (Å²) in [6.45, 7) is 8.62. The second-order valence-electron chi connectivity index (χ2n) is 10.0. The molecule has 0 N–H and O–H groups in total. The van der Waals surface area contributed by atoms with Crippen LogP contribution in [0.5, 0.6) is 28.7 Å². The standard InChI is InChI=1S/C37H38O10/c1-3-36(38)42-23-6-5-21-40-31-13-9-28(10-14-31)37(39)47-35-16-12-29-25-34(15-11-30(29)26-35)44-27-43-33-19-17-32(18-20-33)41-22-7-8-24-46-45-4-2/h3-4,9-20,25-26H,1-2,5-8,21-24,27H2. The Morgan fingerprint density at radius 2 is 1.09 bits per heavy atom. The van der Waals surface area contributed by atoms with Crippen LogP contribution in [0.4, 0.5) is 0 Å². The van der Waals surface area contributed by atoms with E-state index in [9.17, 15) is 9.59 Å². The number of hydrogen-bond donors (Lipinski definition) is 0. The summed E-state index contributed by atoms with van der Waals surface area (Å²) in [5.41, 5.74) is 0.400. The highest BCUT2D eigenvalue weighted by Crippen LogP contribution is 2.26. The Morgan fingerprint density at radius 3 is 1.72 bits per heavy atom. The number of benzene rings is 4. The van der Waals surface area contributed by atoms with Gasteiger partial charge in [0.15, 0.2) is 0 Å². The molecular formula is C37H38O10. The first-order valence-electron chi connectivity index (χ1n) is 15.2. The van der Waals surface area contributed by atoms with Gasteiger partial charge in [-0.15, -0.1) is 0 Å². The molecule has 0 atom stereocenters. The van der Waals surface area contributed by atoms with Crippen LogP contribution in [0, 0.1) is 0 Å². The van der Waals surface area contributed by atoms with Gasteiger partial charge >= 0.3 is 11.9 Å². The normalized spacial score (nSPS) is 10.5. The van der Waals surface area contributed by atoms with Crippen molar-refractivity contribution in [1.82, 2.24) is 0 Å². The predicted molar refractivity (Wildman–Crippen MR) is 176 cm³/mol. The maximum absolute atomic E-state index is 12.7. The summed E-state index contributed by atoms with van der Waals surface area (Å²) in [5.74, 6) is 2.19. The van der Waals surface area contributed by atoms with Crippen LogP contribution < -0.4 is 23.7 Å². The fraction of sp³-hybridized carbons (Fsp3) is 0.243. The van der Waals surface area contributed by atoms with Gasteiger partial charge in [0.25, 0.3) is 0 Å². The van der Waals surface area contributed by atoms with Gasteiger partial charge in [-0.1, -0.05) is 25.3 Å². The van der Waals surface area contributed by atoms with Gasteiger partial charge in [0.05, 0.1) is 32.0 Å². The van der Waals surface area contributed by atoms with E-state index in [4.69, 9.17) is 33.3 Å². The summed E-state index contributed by atoms with van der Waals surface area (Å²) in [6.07, 6.45) is 5.41. The number of carbonyl (C=O) groups excluding carboxylic acids is 2. The summed E-state index contributed by atoms with van der Waals surface area (Å²) in [4.78, 5) is 33.2. The second kappa shape index (κ2) is 19.1. The lowest BCUT2D eigenvalue weighted by atomic mass is 10.1. The fourth-order valence-corrected chi connectivity index (χ4v) is 4.18. The molecule has 0 aliphatic heterocycles. The van der Waals surface area contributed by atoms with Gasteiger partial charge in [-0.25, -0.2) is 9.59 Å². The predicted octanol–water partition coefficient (Wildman–Crippen LogP) is 7.61. The maximum atomic E-state index is 12.7. The van der Waals surface area contributed by atoms with E-state index in [1.807, 2.05) is 48.5 Å². The molecule has 0 aliphatic carbocycles. The number of esters is 2. The molecule has 0 heterocycles. The first-order valence-corrected chi connectivity index (χ1v) is 15.2. The molecule has 4 aromatic rings. The zero-order valence-electron chi connectivity index (χ0n) is 26.1. The lowest BCUT2D eigenvalue weighted by Gasteiger charge is -2.11. The smallest absolute Gasteiger partial charge is 0.343 e. The number of hydrogen-bond acceptors (Lipinski definition) is 10. The van der Waals surface area contributed by atoms with E-state index in [-0.39, 0.29) is 6.79 Å². The third kappa shape index (κ3) is 12.1. The first kappa shape index (κ1) is 34.4. The molecule has 0 unspecified atom stereocenters. The van der Waals surface area contributed by atoms with Crippen molar-refractivity contribution in [1.29, 1.82) is 0 Å². The minimum Gasteiger partial charge on any atom is -0.494 e. The molecule has 4 rings (SSSR count). The van der Waals surface area contributed by atoms with Crippen molar-refractivity contribution in [2.75, 3.05) is 33.2 Å². The Hall–Kier alpha value is -5.48. The average Bonchev–Trinajstić information content (AvgIpc) is 3.10. The van der Waals surface area contributed by atoms with Crippen molar-refractivity contribution >= 4 is 22.7 Å². The second-order valence-corrected chi connectivity index (χ2v) is 10.0. The van der Waals surface area contributed by atoms with Crippen LogP contribution >= 0.6 is 0 Å². The van der Waals surface area contributed by atoms with E-state index in [0.29, 0.717) is 61.4 Å². The van der Waals surface area contributed by atoms with Crippen molar-refractivity contribution in [3.05, 3.63) is 116 Å². The highest BCUT2D eigenvalue weighted by molar-refractivity contribution is 5.92. The van der Waals surface area contributed by atoms with Gasteiger partial charge in [-0.2, -0.15) is 4.89 Å². The van der Waals surface area contributed by atoms with Gasteiger partial charge in [0, 0.05) is 6.08 Å². The van der Waals surface area contributed by atoms with E-state index < -0.39 is 11.9 Å². The maximum Gasteiger partial charge on any atom is 0.343 e. The van der Waals surface area contributed by atoms with Gasteiger partial charge in [-0.3, -0.25) is 0 Å². The topological polar surface area (TPSA) is 108 Å². The summed E-state index contributed by atoms with van der Waals surface area (Å²) in [6, 6.07) is 25.1. The van der Waals surface area contributed by atoms with E-state index in [1.54, 1.807) is 36.4 Å². The van der Waals surface area contributed by atoms with E-state index in [0.717, 1.165) is 41.9 Å². The Kier molecular flexibility index (Phi) is 14.0. The molecule has 47 heavy (non-hydrogen) atoms. The quantitative estimate of drug-likeness (QED) is 0.0132. The molecular weight excluding hydrogens is 604 g/mol. The van der Waals surface area contributed by atoms with Crippen LogP contribution in [-0.4, -0.2) is 45.2 Å². The molecule has 0 bridgehead atoms. The van der Waals surface area contributed by atoms with Crippen LogP contribution in [0.2, 0.25) is 0 Å². The van der Waals surface area contributed by atoms with Crippen molar-refractivity contribution in [3.63, 3.8) is 0 Å². The summed E-state index contributed by atoms with van der Waals surface area (Å²) >= 11 is 0. The molecule has 10 nitrogen and oxygen atoms in total. The number of fused-ring (bicyclic) bond motifs is 1. The molecule has 246 valence electrons. The van der Waals surface area contributed by atoms with Crippen molar-refractivity contribution in [2.24, 2.45) is 0 Å². The molecule has 0 spiro atoms. The molecule has 4 aromatic carbocycles. The molecule has 10 heteroatoms. The Balaban J connectivity index is 1.17. The molecule has 0 saturated carbocycles. The molecule has 0 fully saturated rings. The highest BCUT2D eigenvalue weighted by Gasteiger charge is 2.10. The zero-order chi connectivity index (χ0) is 33.1. The van der Waals surface area contributed by atoms with Crippen molar-refractivity contribution in [3.8, 4) is 28.7 Å². The molecule has 0 radical (unpaired) electrons. The minimum atomic E-state index is -0.475. The minimum absolute atomic E-state index is 0.0330. The molecule has 0 saturated heterocycles. The van der Waals surface area contributed by atoms with E-state index in [2.05, 4.69) is 18.0 Å². The van der Waals surface area contributed by atoms with E-state index >= 15 is 0 Å². The first-order chi connectivity index (χ1) is 23.0. The Morgan fingerprint density at radius 1 is 0.574 bits per heavy atom. The fourth-order valence-electron chi connectivity index (χ4n) is 4.18. The number of rotatable bonds is 21. The van der Waals surface area contributed by atoms with Crippen LogP contribution in [0.15, 0.2) is 110 Å². The van der Waals surface area contributed by atoms with E-state index in [1.165, 1.54) is 6.26 Å². The average molecular weight is 643 g/mol. The van der Waals surface area contributed by atoms with Crippen LogP contribution in [0.1, 0.15) is 36.0 Å². The monoisotopic (exact) mass is 642 g/mol. The van der Waals surface area contributed by atoms with Gasteiger partial charge in [0.2, 0.25) is 6.79 Å². The van der Waals surface area contributed by atoms with Crippen molar-refractivity contribution < 1.29 is 47.8 Å². The van der Waals surface area contributed by atoms with Crippen molar-refractivity contribution in [2.45, 2.75) is 25.7 Å². The largest absolute Gasteiger partial charge is 0.494 e. The third-order valence-corrected chi connectivity index (χ3v) is 6.60. The Labute approximate surface area is 273 Å². The van der Waals surface area contributed by atoms with Crippen LogP contribution in [0.25, 0.3) is 10.8 Å². The SMILES string of the molecule is C=COOCCCCOc1ccc(OCOc2ccc3cc(OC(=O)c4ccc(OCCCCOC(=O)C=C)cc4)ccc3c2)cc1. The summed E-state index contributed by atoms with van der Waals surface area (Å²) in [5, 5.41) is 1.81. The summed E-state index contributed by atoms with van der Waals surface area (Å²) in [7, 11) is 0. The Bertz CT molecular complexity index is 1580. The number of ether oxygens (including phenoxy) is 6. The van der Waals surface area contributed by atoms with Crippen LogP contribution in [0.3, 0.4) is 0 Å². The molecule has 0 aliphatic rings.